The van der Waals surface area contributed by atoms with Gasteiger partial charge in [0, 0.05) is 38.9 Å². The summed E-state index contributed by atoms with van der Waals surface area (Å²) in [5, 5.41) is 5.45. The number of esters is 1. The van der Waals surface area contributed by atoms with Crippen LogP contribution in [-0.2, 0) is 28.9 Å². The van der Waals surface area contributed by atoms with Crippen LogP contribution in [0.2, 0.25) is 0 Å². The van der Waals surface area contributed by atoms with Gasteiger partial charge in [-0.05, 0) is 45.7 Å². The quantitative estimate of drug-likeness (QED) is 0.0868. The van der Waals surface area contributed by atoms with E-state index in [0.29, 0.717) is 53.5 Å². The Balaban J connectivity index is 1.59. The Morgan fingerprint density at radius 1 is 0.940 bits per heavy atom. The van der Waals surface area contributed by atoms with Crippen molar-refractivity contribution in [3.63, 3.8) is 0 Å². The van der Waals surface area contributed by atoms with E-state index in [1.54, 1.807) is 51.3 Å². The normalized spacial score (nSPS) is 11.6. The number of ether oxygens (including phenoxy) is 3. The molecule has 0 spiro atoms. The molecule has 50 heavy (non-hydrogen) atoms. The number of carbonyl (C=O) groups is 4. The lowest BCUT2D eigenvalue weighted by atomic mass is 10.1. The molecule has 4 aromatic rings. The highest BCUT2D eigenvalue weighted by atomic mass is 16.6. The molecule has 0 aliphatic heterocycles. The number of hydrogen-bond acceptors (Lipinski definition) is 12. The van der Waals surface area contributed by atoms with Crippen LogP contribution in [0, 0.1) is 13.8 Å². The highest BCUT2D eigenvalue weighted by Gasteiger charge is 2.24. The maximum absolute atomic E-state index is 13.4. The molecule has 4 N–H and O–H groups in total. The molecule has 16 nitrogen and oxygen atoms in total. The lowest BCUT2D eigenvalue weighted by Crippen LogP contribution is -2.32. The Kier molecular flexibility index (Phi) is 12.0. The molecule has 0 bridgehead atoms. The highest BCUT2D eigenvalue weighted by Crippen LogP contribution is 2.31. The third kappa shape index (κ3) is 9.48. The van der Waals surface area contributed by atoms with E-state index in [-0.39, 0.29) is 55.1 Å². The highest BCUT2D eigenvalue weighted by molar-refractivity contribution is 6.04. The number of imidazole rings is 1. The summed E-state index contributed by atoms with van der Waals surface area (Å²) in [7, 11) is 0. The number of aryl methyl sites for hydroxylation is 4. The van der Waals surface area contributed by atoms with Crippen LogP contribution in [0.15, 0.2) is 33.1 Å². The van der Waals surface area contributed by atoms with E-state index >= 15 is 0 Å². The standard InChI is InChI=1S/C34H43N7O9/c1-8-22-27(48-19(3)37-22)30(43)40-32-39-24-17-21(29(35)42)18-25(26(24)41(32)14-11-10-13-36-33(45)50-34(5,6)7)46-15-12-16-47-31(44)28-23(9-2)38-20(4)49-28/h10-11,17-18H,8-9,12-16H2,1-7H3,(H2,35,42)(H,36,45)(H,39,40,43). The van der Waals surface area contributed by atoms with Gasteiger partial charge in [0.05, 0.1) is 30.1 Å². The molecule has 0 saturated heterocycles. The number of alkyl carbamates (subject to hydrolysis) is 1. The van der Waals surface area contributed by atoms with Gasteiger partial charge in [0.2, 0.25) is 23.4 Å². The monoisotopic (exact) mass is 693 g/mol. The third-order valence-electron chi connectivity index (χ3n) is 6.98. The number of nitrogens with one attached hydrogen (secondary N) is 2. The maximum atomic E-state index is 13.4. The molecule has 3 heterocycles. The van der Waals surface area contributed by atoms with Crippen molar-refractivity contribution in [2.75, 3.05) is 25.1 Å². The first-order valence-corrected chi connectivity index (χ1v) is 16.2. The molecule has 0 aliphatic carbocycles. The number of oxazole rings is 2. The summed E-state index contributed by atoms with van der Waals surface area (Å²) in [6, 6.07) is 2.97. The summed E-state index contributed by atoms with van der Waals surface area (Å²) in [6.45, 7) is 12.8. The number of fused-ring (bicyclic) bond motifs is 1. The van der Waals surface area contributed by atoms with Gasteiger partial charge in [0.1, 0.15) is 16.9 Å². The molecule has 4 rings (SSSR count). The van der Waals surface area contributed by atoms with Gasteiger partial charge < -0.3 is 38.7 Å². The van der Waals surface area contributed by atoms with Crippen molar-refractivity contribution in [3.8, 4) is 5.75 Å². The fourth-order valence-corrected chi connectivity index (χ4v) is 4.86. The van der Waals surface area contributed by atoms with Crippen LogP contribution in [0.25, 0.3) is 11.0 Å². The minimum Gasteiger partial charge on any atom is -0.491 e. The molecule has 16 heteroatoms. The number of benzene rings is 1. The Bertz CT molecular complexity index is 1900. The van der Waals surface area contributed by atoms with Crippen molar-refractivity contribution in [1.82, 2.24) is 24.8 Å². The van der Waals surface area contributed by atoms with E-state index in [9.17, 15) is 19.2 Å². The summed E-state index contributed by atoms with van der Waals surface area (Å²) < 4.78 is 29.4. The van der Waals surface area contributed by atoms with Crippen LogP contribution in [0.5, 0.6) is 5.75 Å². The molecule has 3 aromatic heterocycles. The third-order valence-corrected chi connectivity index (χ3v) is 6.98. The SMILES string of the molecule is CCc1nc(C)oc1C(=O)Nc1nc2cc(C(N)=O)cc(OCCCOC(=O)c3oc(C)nc3CC)c2n1CC=CCNC(=O)OC(C)(C)C. The number of rotatable bonds is 15. The number of hydrogen-bond donors (Lipinski definition) is 3. The van der Waals surface area contributed by atoms with Crippen molar-refractivity contribution >= 4 is 40.9 Å². The molecule has 0 fully saturated rings. The number of carbonyl (C=O) groups excluding carboxylic acids is 4. The maximum Gasteiger partial charge on any atom is 0.407 e. The number of amides is 3. The number of primary amides is 1. The molecule has 3 amide bonds. The van der Waals surface area contributed by atoms with Crippen molar-refractivity contribution in [1.29, 1.82) is 0 Å². The number of nitrogens with two attached hydrogens (primary N) is 1. The molecule has 0 unspecified atom stereocenters. The zero-order valence-corrected chi connectivity index (χ0v) is 29.3. The first kappa shape index (κ1) is 37.2. The Hall–Kier alpha value is -5.67. The summed E-state index contributed by atoms with van der Waals surface area (Å²) in [6.07, 6.45) is 4.17. The van der Waals surface area contributed by atoms with E-state index in [1.807, 2.05) is 13.8 Å². The lowest BCUT2D eigenvalue weighted by molar-refractivity contribution is 0.0445. The Labute approximate surface area is 288 Å². The number of aromatic nitrogens is 4. The second-order valence-electron chi connectivity index (χ2n) is 12.1. The second-order valence-corrected chi connectivity index (χ2v) is 12.1. The average Bonchev–Trinajstić information content (AvgIpc) is 3.73. The van der Waals surface area contributed by atoms with Crippen LogP contribution in [0.3, 0.4) is 0 Å². The fourth-order valence-electron chi connectivity index (χ4n) is 4.86. The zero-order chi connectivity index (χ0) is 36.6. The molecule has 0 radical (unpaired) electrons. The van der Waals surface area contributed by atoms with Crippen LogP contribution in [0.4, 0.5) is 10.7 Å². The minimum absolute atomic E-state index is 0.0186. The van der Waals surface area contributed by atoms with Gasteiger partial charge in [-0.25, -0.2) is 24.5 Å². The molecule has 1 aromatic carbocycles. The summed E-state index contributed by atoms with van der Waals surface area (Å²) >= 11 is 0. The van der Waals surface area contributed by atoms with Crippen molar-refractivity contribution in [2.24, 2.45) is 5.73 Å². The van der Waals surface area contributed by atoms with Gasteiger partial charge in [0.15, 0.2) is 11.8 Å². The smallest absolute Gasteiger partial charge is 0.407 e. The average molecular weight is 694 g/mol. The molecule has 0 saturated carbocycles. The van der Waals surface area contributed by atoms with Gasteiger partial charge >= 0.3 is 12.1 Å². The zero-order valence-electron chi connectivity index (χ0n) is 29.3. The topological polar surface area (TPSA) is 216 Å². The van der Waals surface area contributed by atoms with E-state index < -0.39 is 29.5 Å². The Morgan fingerprint density at radius 3 is 2.24 bits per heavy atom. The lowest BCUT2D eigenvalue weighted by Gasteiger charge is -2.19. The van der Waals surface area contributed by atoms with Gasteiger partial charge in [0.25, 0.3) is 5.91 Å². The van der Waals surface area contributed by atoms with Crippen LogP contribution in [0.1, 0.15) is 95.7 Å². The van der Waals surface area contributed by atoms with Gasteiger partial charge in [-0.15, -0.1) is 0 Å². The van der Waals surface area contributed by atoms with E-state index in [0.717, 1.165) is 0 Å². The Morgan fingerprint density at radius 2 is 1.60 bits per heavy atom. The summed E-state index contributed by atoms with van der Waals surface area (Å²) in [5.74, 6) is -0.689. The number of allylic oxidation sites excluding steroid dienone is 1. The summed E-state index contributed by atoms with van der Waals surface area (Å²) in [4.78, 5) is 63.3. The van der Waals surface area contributed by atoms with Crippen LogP contribution in [-0.4, -0.2) is 68.8 Å². The molecular weight excluding hydrogens is 650 g/mol. The second kappa shape index (κ2) is 16.2. The van der Waals surface area contributed by atoms with Crippen molar-refractivity contribution in [3.05, 3.63) is 64.5 Å². The predicted octanol–water partition coefficient (Wildman–Crippen LogP) is 4.81. The fraction of sp³-hybridized carbons (Fsp3) is 0.441. The van der Waals surface area contributed by atoms with Gasteiger partial charge in [-0.1, -0.05) is 26.0 Å². The van der Waals surface area contributed by atoms with Crippen LogP contribution < -0.4 is 21.1 Å². The van der Waals surface area contributed by atoms with E-state index in [4.69, 9.17) is 28.8 Å². The molecule has 0 aliphatic rings. The van der Waals surface area contributed by atoms with Gasteiger partial charge in [-0.3, -0.25) is 14.9 Å². The largest absolute Gasteiger partial charge is 0.491 e. The first-order valence-electron chi connectivity index (χ1n) is 16.2. The molecular formula is C34H43N7O9. The summed E-state index contributed by atoms with van der Waals surface area (Å²) in [5.41, 5.74) is 6.88. The minimum atomic E-state index is -0.710. The van der Waals surface area contributed by atoms with Crippen molar-refractivity contribution in [2.45, 2.75) is 79.9 Å². The number of nitrogens with zero attached hydrogens (tertiary/aromatic N) is 4. The molecule has 0 atom stereocenters. The van der Waals surface area contributed by atoms with Crippen molar-refractivity contribution < 1.29 is 42.2 Å². The number of anilines is 1. The van der Waals surface area contributed by atoms with Crippen LogP contribution >= 0.6 is 0 Å². The van der Waals surface area contributed by atoms with Gasteiger partial charge in [-0.2, -0.15) is 0 Å². The van der Waals surface area contributed by atoms with E-state index in [2.05, 4.69) is 25.6 Å². The molecule has 268 valence electrons. The first-order chi connectivity index (χ1) is 23.7. The predicted molar refractivity (Wildman–Crippen MR) is 181 cm³/mol. The van der Waals surface area contributed by atoms with E-state index in [1.165, 1.54) is 12.1 Å².